The van der Waals surface area contributed by atoms with Crippen LogP contribution in [0.5, 0.6) is 0 Å². The molecular formula is C12H24N2OS. The van der Waals surface area contributed by atoms with E-state index in [9.17, 15) is 0 Å². The molecule has 0 bridgehead atoms. The molecule has 2 heterocycles. The van der Waals surface area contributed by atoms with Gasteiger partial charge in [-0.15, -0.1) is 0 Å². The molecule has 2 fully saturated rings. The van der Waals surface area contributed by atoms with Crippen molar-refractivity contribution < 1.29 is 4.74 Å². The Morgan fingerprint density at radius 3 is 2.88 bits per heavy atom. The summed E-state index contributed by atoms with van der Waals surface area (Å²) in [4.78, 5) is 2.59. The van der Waals surface area contributed by atoms with Crippen LogP contribution in [0.3, 0.4) is 0 Å². The summed E-state index contributed by atoms with van der Waals surface area (Å²) in [5.74, 6) is 1.25. The highest BCUT2D eigenvalue weighted by atomic mass is 32.2. The van der Waals surface area contributed by atoms with Crippen LogP contribution in [-0.4, -0.2) is 54.3 Å². The minimum absolute atomic E-state index is 0.149. The molecule has 4 atom stereocenters. The molecular weight excluding hydrogens is 220 g/mol. The Hall–Kier alpha value is 0.230. The number of thioether (sulfide) groups is 1. The van der Waals surface area contributed by atoms with Crippen LogP contribution in [-0.2, 0) is 4.74 Å². The van der Waals surface area contributed by atoms with Crippen LogP contribution in [0.15, 0.2) is 0 Å². The highest BCUT2D eigenvalue weighted by molar-refractivity contribution is 8.00. The van der Waals surface area contributed by atoms with Crippen molar-refractivity contribution in [2.24, 2.45) is 11.1 Å². The van der Waals surface area contributed by atoms with E-state index < -0.39 is 0 Å². The van der Waals surface area contributed by atoms with E-state index in [4.69, 9.17) is 10.5 Å². The lowest BCUT2D eigenvalue weighted by molar-refractivity contribution is 0.0993. The van der Waals surface area contributed by atoms with Crippen LogP contribution in [0.4, 0.5) is 0 Å². The van der Waals surface area contributed by atoms with Gasteiger partial charge in [0.25, 0.3) is 0 Å². The fourth-order valence-electron chi connectivity index (χ4n) is 2.57. The average Bonchev–Trinajstić information content (AvgIpc) is 2.55. The molecule has 0 aromatic rings. The Bertz CT molecular complexity index is 251. The van der Waals surface area contributed by atoms with E-state index in [-0.39, 0.29) is 11.5 Å². The molecule has 0 aromatic carbocycles. The summed E-state index contributed by atoms with van der Waals surface area (Å²) in [6, 6.07) is 0.855. The molecule has 0 spiro atoms. The van der Waals surface area contributed by atoms with Crippen molar-refractivity contribution in [3.63, 3.8) is 0 Å². The van der Waals surface area contributed by atoms with Gasteiger partial charge in [-0.2, -0.15) is 11.8 Å². The van der Waals surface area contributed by atoms with Crippen molar-refractivity contribution in [3.05, 3.63) is 0 Å². The van der Waals surface area contributed by atoms with Gasteiger partial charge in [0.15, 0.2) is 0 Å². The molecule has 2 N–H and O–H groups in total. The number of hydrogen-bond acceptors (Lipinski definition) is 4. The minimum atomic E-state index is 0.149. The predicted molar refractivity (Wildman–Crippen MR) is 69.9 cm³/mol. The molecule has 0 aromatic heterocycles. The fourth-order valence-corrected chi connectivity index (χ4v) is 3.74. The molecule has 2 aliphatic heterocycles. The summed E-state index contributed by atoms with van der Waals surface area (Å²) >= 11 is 2.08. The first-order valence-electron chi connectivity index (χ1n) is 6.22. The number of rotatable bonds is 2. The third kappa shape index (κ3) is 2.40. The maximum Gasteiger partial charge on any atom is 0.0624 e. The molecule has 94 valence electrons. The van der Waals surface area contributed by atoms with Gasteiger partial charge in [0.05, 0.1) is 13.2 Å². The number of nitrogens with zero attached hydrogens (tertiary/aromatic N) is 1. The van der Waals surface area contributed by atoms with Gasteiger partial charge in [-0.3, -0.25) is 4.90 Å². The Kier molecular flexibility index (Phi) is 3.84. The van der Waals surface area contributed by atoms with Crippen molar-refractivity contribution in [3.8, 4) is 0 Å². The standard InChI is InChI=1S/C12H24N2OS/c1-9-10(2)16-5-4-14(9)7-12(3)8-15-6-11(12)13/h9-11H,4-8,13H2,1-3H3. The van der Waals surface area contributed by atoms with E-state index in [0.29, 0.717) is 6.04 Å². The second-order valence-electron chi connectivity index (χ2n) is 5.56. The molecule has 2 saturated heterocycles. The first-order valence-corrected chi connectivity index (χ1v) is 7.27. The van der Waals surface area contributed by atoms with E-state index in [0.717, 1.165) is 25.0 Å². The number of nitrogens with two attached hydrogens (primary N) is 1. The highest BCUT2D eigenvalue weighted by Crippen LogP contribution is 2.32. The molecule has 0 saturated carbocycles. The van der Waals surface area contributed by atoms with Gasteiger partial charge in [0.2, 0.25) is 0 Å². The highest BCUT2D eigenvalue weighted by Gasteiger charge is 2.40. The van der Waals surface area contributed by atoms with Crippen LogP contribution in [0.2, 0.25) is 0 Å². The predicted octanol–water partition coefficient (Wildman–Crippen LogP) is 1.18. The van der Waals surface area contributed by atoms with Crippen LogP contribution < -0.4 is 5.73 Å². The number of ether oxygens (including phenoxy) is 1. The number of hydrogen-bond donors (Lipinski definition) is 1. The van der Waals surface area contributed by atoms with Gasteiger partial charge in [-0.25, -0.2) is 0 Å². The second-order valence-corrected chi connectivity index (χ2v) is 7.05. The van der Waals surface area contributed by atoms with Crippen molar-refractivity contribution in [1.82, 2.24) is 4.90 Å². The zero-order valence-corrected chi connectivity index (χ0v) is 11.4. The fraction of sp³-hybridized carbons (Fsp3) is 1.00. The summed E-state index contributed by atoms with van der Waals surface area (Å²) in [7, 11) is 0. The van der Waals surface area contributed by atoms with E-state index in [1.54, 1.807) is 0 Å². The Balaban J connectivity index is 1.98. The molecule has 2 aliphatic rings. The van der Waals surface area contributed by atoms with Crippen LogP contribution in [0.1, 0.15) is 20.8 Å². The lowest BCUT2D eigenvalue weighted by atomic mass is 9.84. The summed E-state index contributed by atoms with van der Waals surface area (Å²) < 4.78 is 5.52. The Morgan fingerprint density at radius 2 is 2.25 bits per heavy atom. The maximum atomic E-state index is 6.15. The molecule has 16 heavy (non-hydrogen) atoms. The van der Waals surface area contributed by atoms with Crippen LogP contribution >= 0.6 is 11.8 Å². The molecule has 4 unspecified atom stereocenters. The van der Waals surface area contributed by atoms with Crippen molar-refractivity contribution in [1.29, 1.82) is 0 Å². The van der Waals surface area contributed by atoms with Gasteiger partial charge in [-0.1, -0.05) is 13.8 Å². The molecule has 0 aliphatic carbocycles. The lowest BCUT2D eigenvalue weighted by Gasteiger charge is -2.42. The van der Waals surface area contributed by atoms with Crippen molar-refractivity contribution in [2.45, 2.75) is 38.1 Å². The van der Waals surface area contributed by atoms with E-state index in [2.05, 4.69) is 37.4 Å². The van der Waals surface area contributed by atoms with E-state index in [1.807, 2.05) is 0 Å². The normalized spacial score (nSPS) is 46.1. The van der Waals surface area contributed by atoms with E-state index >= 15 is 0 Å². The Labute approximate surface area is 103 Å². The van der Waals surface area contributed by atoms with Crippen LogP contribution in [0, 0.1) is 5.41 Å². The smallest absolute Gasteiger partial charge is 0.0624 e. The van der Waals surface area contributed by atoms with Gasteiger partial charge in [0, 0.05) is 41.6 Å². The van der Waals surface area contributed by atoms with Crippen molar-refractivity contribution in [2.75, 3.05) is 32.1 Å². The third-order valence-electron chi connectivity index (χ3n) is 4.20. The van der Waals surface area contributed by atoms with Gasteiger partial charge >= 0.3 is 0 Å². The van der Waals surface area contributed by atoms with Gasteiger partial charge in [-0.05, 0) is 6.92 Å². The molecule has 2 rings (SSSR count). The zero-order chi connectivity index (χ0) is 11.8. The van der Waals surface area contributed by atoms with E-state index in [1.165, 1.54) is 12.3 Å². The first-order chi connectivity index (χ1) is 7.53. The molecule has 3 nitrogen and oxygen atoms in total. The third-order valence-corrected chi connectivity index (χ3v) is 5.54. The topological polar surface area (TPSA) is 38.5 Å². The zero-order valence-electron chi connectivity index (χ0n) is 10.6. The molecule has 0 amide bonds. The average molecular weight is 244 g/mol. The molecule has 4 heteroatoms. The summed E-state index contributed by atoms with van der Waals surface area (Å²) in [5, 5.41) is 0.732. The summed E-state index contributed by atoms with van der Waals surface area (Å²) in [5.41, 5.74) is 6.30. The summed E-state index contributed by atoms with van der Waals surface area (Å²) in [6.07, 6.45) is 0. The van der Waals surface area contributed by atoms with Gasteiger partial charge in [0.1, 0.15) is 0 Å². The minimum Gasteiger partial charge on any atom is -0.379 e. The SMILES string of the molecule is CC1SCCN(CC2(C)COCC2N)C1C. The van der Waals surface area contributed by atoms with Crippen LogP contribution in [0.25, 0.3) is 0 Å². The quantitative estimate of drug-likeness (QED) is 0.791. The first kappa shape index (κ1) is 12.7. The monoisotopic (exact) mass is 244 g/mol. The largest absolute Gasteiger partial charge is 0.379 e. The Morgan fingerprint density at radius 1 is 1.50 bits per heavy atom. The maximum absolute atomic E-state index is 6.15. The second kappa shape index (κ2) is 4.84. The van der Waals surface area contributed by atoms with Gasteiger partial charge < -0.3 is 10.5 Å². The lowest BCUT2D eigenvalue weighted by Crippen LogP contribution is -2.53. The van der Waals surface area contributed by atoms with Crippen molar-refractivity contribution >= 4 is 11.8 Å². The summed E-state index contributed by atoms with van der Waals surface area (Å²) in [6.45, 7) is 10.8. The molecule has 0 radical (unpaired) electrons.